The minimum atomic E-state index is -0.295. The van der Waals surface area contributed by atoms with Crippen LogP contribution in [0.2, 0.25) is 0 Å². The average Bonchev–Trinajstić information content (AvgIpc) is 2.39. The van der Waals surface area contributed by atoms with Crippen LogP contribution in [0.25, 0.3) is 0 Å². The molecule has 0 aliphatic heterocycles. The van der Waals surface area contributed by atoms with Gasteiger partial charge in [-0.2, -0.15) is 0 Å². The third-order valence-electron chi connectivity index (χ3n) is 3.68. The van der Waals surface area contributed by atoms with Crippen molar-refractivity contribution >= 4 is 0 Å². The molecule has 1 aromatic carbocycles. The highest BCUT2D eigenvalue weighted by atomic mass is 19.1. The van der Waals surface area contributed by atoms with Gasteiger partial charge in [0.2, 0.25) is 0 Å². The molecule has 0 bridgehead atoms. The molecule has 20 heavy (non-hydrogen) atoms. The van der Waals surface area contributed by atoms with Gasteiger partial charge >= 0.3 is 0 Å². The van der Waals surface area contributed by atoms with Crippen molar-refractivity contribution in [3.63, 3.8) is 0 Å². The fourth-order valence-corrected chi connectivity index (χ4v) is 2.22. The predicted octanol–water partition coefficient (Wildman–Crippen LogP) is 3.27. The largest absolute Gasteiger partial charge is 0.395 e. The highest BCUT2D eigenvalue weighted by Crippen LogP contribution is 2.29. The second kappa shape index (κ2) is 8.04. The van der Waals surface area contributed by atoms with Crippen molar-refractivity contribution in [2.24, 2.45) is 5.92 Å². The van der Waals surface area contributed by atoms with E-state index in [1.165, 1.54) is 31.4 Å². The van der Waals surface area contributed by atoms with E-state index in [0.29, 0.717) is 18.6 Å². The van der Waals surface area contributed by atoms with E-state index in [4.69, 9.17) is 9.84 Å². The maximum atomic E-state index is 13.2. The number of ether oxygens (including phenoxy) is 1. The number of aliphatic hydroxyl groups is 1. The number of rotatable bonds is 6. The molecular weight excluding hydrogens is 255 g/mol. The molecule has 0 amide bonds. The fraction of sp³-hybridized carbons (Fsp3) is 0.529. The predicted molar refractivity (Wildman–Crippen MR) is 76.6 cm³/mol. The molecule has 1 aromatic rings. The van der Waals surface area contributed by atoms with Gasteiger partial charge in [-0.3, -0.25) is 0 Å². The van der Waals surface area contributed by atoms with Crippen LogP contribution in [0.1, 0.15) is 43.2 Å². The summed E-state index contributed by atoms with van der Waals surface area (Å²) in [6.45, 7) is 1.25. The summed E-state index contributed by atoms with van der Waals surface area (Å²) in [5.74, 6) is 6.27. The van der Waals surface area contributed by atoms with Crippen molar-refractivity contribution in [1.29, 1.82) is 0 Å². The number of halogens is 1. The summed E-state index contributed by atoms with van der Waals surface area (Å²) in [6.07, 6.45) is 5.54. The second-order valence-corrected chi connectivity index (χ2v) is 5.22. The average molecular weight is 276 g/mol. The molecule has 3 heteroatoms. The molecule has 0 unspecified atom stereocenters. The van der Waals surface area contributed by atoms with Crippen molar-refractivity contribution in [1.82, 2.24) is 0 Å². The van der Waals surface area contributed by atoms with Gasteiger partial charge in [0, 0.05) is 18.6 Å². The summed E-state index contributed by atoms with van der Waals surface area (Å²) >= 11 is 0. The lowest BCUT2D eigenvalue weighted by atomic mass is 9.83. The first-order valence-electron chi connectivity index (χ1n) is 7.25. The zero-order chi connectivity index (χ0) is 14.2. The van der Waals surface area contributed by atoms with E-state index in [2.05, 4.69) is 11.8 Å². The number of hydrogen-bond donors (Lipinski definition) is 1. The van der Waals surface area contributed by atoms with Crippen LogP contribution in [0, 0.1) is 23.6 Å². The Labute approximate surface area is 120 Å². The van der Waals surface area contributed by atoms with Crippen LogP contribution in [0.15, 0.2) is 18.2 Å². The molecule has 2 rings (SSSR count). The lowest BCUT2D eigenvalue weighted by Gasteiger charge is -2.24. The first-order chi connectivity index (χ1) is 9.79. The van der Waals surface area contributed by atoms with Gasteiger partial charge in [0.05, 0.1) is 13.2 Å². The molecule has 1 saturated carbocycles. The van der Waals surface area contributed by atoms with Gasteiger partial charge in [0.1, 0.15) is 5.82 Å². The summed E-state index contributed by atoms with van der Waals surface area (Å²) in [6, 6.07) is 4.58. The van der Waals surface area contributed by atoms with E-state index >= 15 is 0 Å². The molecule has 2 nitrogen and oxygen atoms in total. The van der Waals surface area contributed by atoms with Crippen LogP contribution in [-0.4, -0.2) is 18.3 Å². The molecule has 1 aliphatic rings. The standard InChI is InChI=1S/C17H21FO2/c18-17-8-7-16(15(12-17)6-1-2-10-19)13-20-11-9-14-4-3-5-14/h7-8,12,14,19H,2-5,9-11,13H2. The van der Waals surface area contributed by atoms with Crippen LogP contribution in [0.5, 0.6) is 0 Å². The molecule has 0 saturated heterocycles. The Morgan fingerprint density at radius 1 is 1.35 bits per heavy atom. The number of hydrogen-bond acceptors (Lipinski definition) is 2. The van der Waals surface area contributed by atoms with Crippen molar-refractivity contribution in [2.45, 2.75) is 38.7 Å². The van der Waals surface area contributed by atoms with E-state index in [1.54, 1.807) is 6.07 Å². The lowest BCUT2D eigenvalue weighted by molar-refractivity contribution is 0.0948. The normalized spacial score (nSPS) is 14.5. The summed E-state index contributed by atoms with van der Waals surface area (Å²) in [7, 11) is 0. The molecule has 0 heterocycles. The van der Waals surface area contributed by atoms with Gasteiger partial charge in [0.15, 0.2) is 0 Å². The third-order valence-corrected chi connectivity index (χ3v) is 3.68. The first kappa shape index (κ1) is 15.0. The Morgan fingerprint density at radius 3 is 2.90 bits per heavy atom. The summed E-state index contributed by atoms with van der Waals surface area (Å²) < 4.78 is 18.9. The molecule has 1 aliphatic carbocycles. The van der Waals surface area contributed by atoms with Gasteiger partial charge in [-0.25, -0.2) is 4.39 Å². The van der Waals surface area contributed by atoms with Gasteiger partial charge in [-0.1, -0.05) is 37.2 Å². The maximum Gasteiger partial charge on any atom is 0.124 e. The molecule has 0 atom stereocenters. The second-order valence-electron chi connectivity index (χ2n) is 5.22. The van der Waals surface area contributed by atoms with Crippen molar-refractivity contribution in [3.05, 3.63) is 35.1 Å². The zero-order valence-electron chi connectivity index (χ0n) is 11.7. The van der Waals surface area contributed by atoms with E-state index in [9.17, 15) is 4.39 Å². The van der Waals surface area contributed by atoms with Crippen LogP contribution >= 0.6 is 0 Å². The number of aliphatic hydroxyl groups excluding tert-OH is 1. The molecule has 1 N–H and O–H groups in total. The zero-order valence-corrected chi connectivity index (χ0v) is 11.7. The summed E-state index contributed by atoms with van der Waals surface area (Å²) in [4.78, 5) is 0. The van der Waals surface area contributed by atoms with Crippen molar-refractivity contribution in [3.8, 4) is 11.8 Å². The highest BCUT2D eigenvalue weighted by Gasteiger charge is 2.16. The molecular formula is C17H21FO2. The Bertz CT molecular complexity index is 483. The monoisotopic (exact) mass is 276 g/mol. The molecule has 0 radical (unpaired) electrons. The quantitative estimate of drug-likeness (QED) is 0.638. The van der Waals surface area contributed by atoms with Gasteiger partial charge in [-0.05, 0) is 30.0 Å². The van der Waals surface area contributed by atoms with Crippen LogP contribution in [-0.2, 0) is 11.3 Å². The van der Waals surface area contributed by atoms with Crippen molar-refractivity contribution < 1.29 is 14.2 Å². The Morgan fingerprint density at radius 2 is 2.20 bits per heavy atom. The minimum Gasteiger partial charge on any atom is -0.395 e. The minimum absolute atomic E-state index is 0.0234. The van der Waals surface area contributed by atoms with Gasteiger partial charge in [0.25, 0.3) is 0 Å². The maximum absolute atomic E-state index is 13.2. The smallest absolute Gasteiger partial charge is 0.124 e. The Balaban J connectivity index is 1.87. The van der Waals surface area contributed by atoms with Crippen LogP contribution < -0.4 is 0 Å². The van der Waals surface area contributed by atoms with Crippen molar-refractivity contribution in [2.75, 3.05) is 13.2 Å². The fourth-order valence-electron chi connectivity index (χ4n) is 2.22. The van der Waals surface area contributed by atoms with E-state index in [-0.39, 0.29) is 12.4 Å². The van der Waals surface area contributed by atoms with Crippen LogP contribution in [0.4, 0.5) is 4.39 Å². The first-order valence-corrected chi connectivity index (χ1v) is 7.25. The summed E-state index contributed by atoms with van der Waals surface area (Å²) in [5.41, 5.74) is 1.56. The van der Waals surface area contributed by atoms with E-state index in [1.807, 2.05) is 0 Å². The molecule has 1 fully saturated rings. The Hall–Kier alpha value is -1.37. The highest BCUT2D eigenvalue weighted by molar-refractivity contribution is 5.41. The van der Waals surface area contributed by atoms with Crippen LogP contribution in [0.3, 0.4) is 0 Å². The summed E-state index contributed by atoms with van der Waals surface area (Å²) in [5, 5.41) is 8.72. The molecule has 0 spiro atoms. The topological polar surface area (TPSA) is 29.5 Å². The van der Waals surface area contributed by atoms with Gasteiger partial charge in [-0.15, -0.1) is 0 Å². The Kier molecular flexibility index (Phi) is 6.04. The number of benzene rings is 1. The lowest BCUT2D eigenvalue weighted by Crippen LogP contribution is -2.13. The van der Waals surface area contributed by atoms with E-state index < -0.39 is 0 Å². The SMILES string of the molecule is OCCC#Cc1cc(F)ccc1COCCC1CCC1. The third kappa shape index (κ3) is 4.63. The van der Waals surface area contributed by atoms with Gasteiger partial charge < -0.3 is 9.84 Å². The van der Waals surface area contributed by atoms with E-state index in [0.717, 1.165) is 24.5 Å². The molecule has 108 valence electrons. The molecule has 0 aromatic heterocycles.